The van der Waals surface area contributed by atoms with E-state index >= 15 is 0 Å². The Morgan fingerprint density at radius 2 is 2.22 bits per heavy atom. The molecule has 1 rings (SSSR count). The fourth-order valence-corrected chi connectivity index (χ4v) is 2.15. The first-order valence-corrected chi connectivity index (χ1v) is 6.99. The molecule has 0 saturated heterocycles. The molecule has 2 N–H and O–H groups in total. The van der Waals surface area contributed by atoms with Gasteiger partial charge in [-0.05, 0) is 13.8 Å². The van der Waals surface area contributed by atoms with Crippen molar-refractivity contribution < 1.29 is 14.6 Å². The predicted molar refractivity (Wildman–Crippen MR) is 71.9 cm³/mol. The van der Waals surface area contributed by atoms with Crippen LogP contribution in [-0.4, -0.2) is 49.2 Å². The van der Waals surface area contributed by atoms with Crippen molar-refractivity contribution in [1.29, 1.82) is 0 Å². The number of thiazole rings is 1. The molecule has 0 fully saturated rings. The Kier molecular flexibility index (Phi) is 8.11. The molecule has 0 bridgehead atoms. The second-order valence-electron chi connectivity index (χ2n) is 3.90. The topological polar surface area (TPSA) is 63.6 Å². The van der Waals surface area contributed by atoms with Crippen molar-refractivity contribution in [2.24, 2.45) is 0 Å². The van der Waals surface area contributed by atoms with E-state index in [2.05, 4.69) is 10.3 Å². The number of hydrogen-bond donors (Lipinski definition) is 2. The highest BCUT2D eigenvalue weighted by Gasteiger charge is 2.04. The Bertz CT molecular complexity index is 320. The van der Waals surface area contributed by atoms with E-state index in [1.807, 2.05) is 20.0 Å². The molecular weight excluding hydrogens is 252 g/mol. The Hall–Kier alpha value is -0.530. The van der Waals surface area contributed by atoms with Crippen LogP contribution in [0.1, 0.15) is 16.8 Å². The first-order valence-electron chi connectivity index (χ1n) is 6.18. The molecule has 104 valence electrons. The summed E-state index contributed by atoms with van der Waals surface area (Å²) in [6.07, 6.45) is 1.37. The van der Waals surface area contributed by atoms with Gasteiger partial charge in [-0.2, -0.15) is 0 Å². The number of aliphatic hydroxyl groups excluding tert-OH is 1. The molecule has 5 nitrogen and oxygen atoms in total. The van der Waals surface area contributed by atoms with E-state index in [4.69, 9.17) is 9.47 Å². The quantitative estimate of drug-likeness (QED) is 0.622. The molecule has 6 heteroatoms. The summed E-state index contributed by atoms with van der Waals surface area (Å²) in [5, 5.41) is 13.9. The number of aliphatic hydroxyl groups is 1. The number of ether oxygens (including phenoxy) is 2. The Morgan fingerprint density at radius 1 is 1.44 bits per heavy atom. The van der Waals surface area contributed by atoms with Crippen molar-refractivity contribution in [3.05, 3.63) is 16.1 Å². The Morgan fingerprint density at radius 3 is 2.89 bits per heavy atom. The Balaban J connectivity index is 1.98. The molecule has 0 spiro atoms. The third-order valence-electron chi connectivity index (χ3n) is 2.23. The molecule has 0 aromatic carbocycles. The van der Waals surface area contributed by atoms with Crippen LogP contribution >= 0.6 is 11.3 Å². The van der Waals surface area contributed by atoms with Crippen LogP contribution in [-0.2, 0) is 16.0 Å². The van der Waals surface area contributed by atoms with Gasteiger partial charge in [0.15, 0.2) is 0 Å². The van der Waals surface area contributed by atoms with Gasteiger partial charge in [-0.25, -0.2) is 4.98 Å². The van der Waals surface area contributed by atoms with Crippen LogP contribution in [0, 0.1) is 6.92 Å². The number of aromatic nitrogens is 1. The average molecular weight is 274 g/mol. The van der Waals surface area contributed by atoms with Gasteiger partial charge in [0.25, 0.3) is 0 Å². The van der Waals surface area contributed by atoms with Crippen molar-refractivity contribution in [3.8, 4) is 0 Å². The molecule has 1 aromatic heterocycles. The van der Waals surface area contributed by atoms with Gasteiger partial charge in [0.1, 0.15) is 0 Å². The van der Waals surface area contributed by atoms with Crippen LogP contribution in [0.2, 0.25) is 0 Å². The molecule has 0 radical (unpaired) electrons. The maximum atomic E-state index is 9.65. The van der Waals surface area contributed by atoms with Gasteiger partial charge in [0.05, 0.1) is 30.9 Å². The number of rotatable bonds is 10. The number of nitrogens with zero attached hydrogens (tertiary/aromatic N) is 1. The fraction of sp³-hybridized carbons (Fsp3) is 0.750. The lowest BCUT2D eigenvalue weighted by atomic mass is 10.3. The van der Waals surface area contributed by atoms with Gasteiger partial charge in [0.2, 0.25) is 0 Å². The Labute approximate surface area is 112 Å². The second-order valence-corrected chi connectivity index (χ2v) is 5.22. The highest BCUT2D eigenvalue weighted by Crippen LogP contribution is 2.10. The van der Waals surface area contributed by atoms with Crippen molar-refractivity contribution >= 4 is 11.3 Å². The van der Waals surface area contributed by atoms with Gasteiger partial charge in [0, 0.05) is 30.8 Å². The minimum absolute atomic E-state index is 0.335. The summed E-state index contributed by atoms with van der Waals surface area (Å²) < 4.78 is 10.4. The van der Waals surface area contributed by atoms with Crippen LogP contribution < -0.4 is 5.32 Å². The molecule has 18 heavy (non-hydrogen) atoms. The number of aryl methyl sites for hydroxylation is 1. The van der Waals surface area contributed by atoms with Crippen molar-refractivity contribution in [2.75, 3.05) is 33.0 Å². The summed E-state index contributed by atoms with van der Waals surface area (Å²) in [6.45, 7) is 7.32. The lowest BCUT2D eigenvalue weighted by Gasteiger charge is -2.11. The van der Waals surface area contributed by atoms with E-state index in [-0.39, 0.29) is 0 Å². The van der Waals surface area contributed by atoms with Crippen molar-refractivity contribution in [3.63, 3.8) is 0 Å². The zero-order valence-corrected chi connectivity index (χ0v) is 11.8. The third kappa shape index (κ3) is 7.03. The molecule has 0 aliphatic carbocycles. The molecule has 1 heterocycles. The van der Waals surface area contributed by atoms with Crippen LogP contribution in [0.5, 0.6) is 0 Å². The SMILES string of the molecule is CCOCCOCC(O)CNCc1cnc(C)s1. The monoisotopic (exact) mass is 274 g/mol. The van der Waals surface area contributed by atoms with E-state index in [0.29, 0.717) is 33.0 Å². The maximum absolute atomic E-state index is 9.65. The highest BCUT2D eigenvalue weighted by molar-refractivity contribution is 7.11. The summed E-state index contributed by atoms with van der Waals surface area (Å²) in [5.41, 5.74) is 0. The number of nitrogens with one attached hydrogen (secondary N) is 1. The minimum Gasteiger partial charge on any atom is -0.389 e. The average Bonchev–Trinajstić information content (AvgIpc) is 2.75. The van der Waals surface area contributed by atoms with Gasteiger partial charge in [-0.1, -0.05) is 0 Å². The van der Waals surface area contributed by atoms with Crippen LogP contribution in [0.3, 0.4) is 0 Å². The van der Waals surface area contributed by atoms with Crippen LogP contribution in [0.15, 0.2) is 6.20 Å². The van der Waals surface area contributed by atoms with Gasteiger partial charge in [-0.3, -0.25) is 0 Å². The van der Waals surface area contributed by atoms with E-state index in [9.17, 15) is 5.11 Å². The summed E-state index contributed by atoms with van der Waals surface area (Å²) in [7, 11) is 0. The van der Waals surface area contributed by atoms with Crippen molar-refractivity contribution in [2.45, 2.75) is 26.5 Å². The maximum Gasteiger partial charge on any atom is 0.0897 e. The van der Waals surface area contributed by atoms with E-state index < -0.39 is 6.10 Å². The zero-order chi connectivity index (χ0) is 13.2. The third-order valence-corrected chi connectivity index (χ3v) is 3.15. The lowest BCUT2D eigenvalue weighted by molar-refractivity contribution is 0.00644. The molecule has 0 aliphatic heterocycles. The fourth-order valence-electron chi connectivity index (χ4n) is 1.39. The largest absolute Gasteiger partial charge is 0.389 e. The highest BCUT2D eigenvalue weighted by atomic mass is 32.1. The van der Waals surface area contributed by atoms with E-state index in [1.54, 1.807) is 11.3 Å². The summed E-state index contributed by atoms with van der Waals surface area (Å²) >= 11 is 1.66. The van der Waals surface area contributed by atoms with Gasteiger partial charge >= 0.3 is 0 Å². The summed E-state index contributed by atoms with van der Waals surface area (Å²) in [4.78, 5) is 5.35. The lowest BCUT2D eigenvalue weighted by Crippen LogP contribution is -2.30. The van der Waals surface area contributed by atoms with E-state index in [1.165, 1.54) is 4.88 Å². The van der Waals surface area contributed by atoms with E-state index in [0.717, 1.165) is 11.6 Å². The molecular formula is C12H22N2O3S. The molecule has 0 saturated carbocycles. The predicted octanol–water partition coefficient (Wildman–Crippen LogP) is 0.955. The molecule has 0 aliphatic rings. The normalized spacial score (nSPS) is 12.8. The first-order chi connectivity index (χ1) is 8.72. The standard InChI is InChI=1S/C12H22N2O3S/c1-3-16-4-5-17-9-11(15)6-13-7-12-8-14-10(2)18-12/h8,11,13,15H,3-7,9H2,1-2H3. The molecule has 0 amide bonds. The number of hydrogen-bond acceptors (Lipinski definition) is 6. The minimum atomic E-state index is -0.486. The first kappa shape index (κ1) is 15.5. The smallest absolute Gasteiger partial charge is 0.0897 e. The van der Waals surface area contributed by atoms with Crippen molar-refractivity contribution in [1.82, 2.24) is 10.3 Å². The van der Waals surface area contributed by atoms with Crippen LogP contribution in [0.4, 0.5) is 0 Å². The summed E-state index contributed by atoms with van der Waals surface area (Å²) in [5.74, 6) is 0. The molecule has 1 atom stereocenters. The summed E-state index contributed by atoms with van der Waals surface area (Å²) in [6, 6.07) is 0. The molecule has 1 aromatic rings. The zero-order valence-electron chi connectivity index (χ0n) is 11.0. The van der Waals surface area contributed by atoms with Gasteiger partial charge in [-0.15, -0.1) is 11.3 Å². The second kappa shape index (κ2) is 9.41. The van der Waals surface area contributed by atoms with Crippen LogP contribution in [0.25, 0.3) is 0 Å². The molecule has 1 unspecified atom stereocenters. The van der Waals surface area contributed by atoms with Gasteiger partial charge < -0.3 is 19.9 Å².